The molecule has 0 atom stereocenters. The van der Waals surface area contributed by atoms with E-state index in [0.717, 1.165) is 0 Å². The van der Waals surface area contributed by atoms with E-state index in [0.29, 0.717) is 15.8 Å². The first-order valence-corrected chi connectivity index (χ1v) is 7.35. The van der Waals surface area contributed by atoms with Crippen LogP contribution in [0.4, 0.5) is 0 Å². The van der Waals surface area contributed by atoms with Gasteiger partial charge < -0.3 is 4.74 Å². The number of carbonyl (C=O) groups excluding carboxylic acids is 2. The minimum Gasteiger partial charge on any atom is -0.480 e. The summed E-state index contributed by atoms with van der Waals surface area (Å²) in [5.41, 5.74) is 0.681. The molecule has 1 N–H and O–H groups in total. The van der Waals surface area contributed by atoms with Crippen LogP contribution in [0.2, 0.25) is 0 Å². The summed E-state index contributed by atoms with van der Waals surface area (Å²) in [4.78, 5) is 25.2. The van der Waals surface area contributed by atoms with Crippen LogP contribution in [0.1, 0.15) is 5.56 Å². The van der Waals surface area contributed by atoms with Gasteiger partial charge in [0.1, 0.15) is 17.9 Å². The van der Waals surface area contributed by atoms with Gasteiger partial charge in [0.25, 0.3) is 11.8 Å². The minimum atomic E-state index is -0.517. The fourth-order valence-electron chi connectivity index (χ4n) is 1.76. The number of thiocarbonyl (C=S) groups is 1. The predicted molar refractivity (Wildman–Crippen MR) is 90.0 cm³/mol. The maximum atomic E-state index is 12.1. The van der Waals surface area contributed by atoms with Crippen molar-refractivity contribution in [1.29, 1.82) is 0 Å². The summed E-state index contributed by atoms with van der Waals surface area (Å²) in [5.74, 6) is 1.99. The highest BCUT2D eigenvalue weighted by Gasteiger charge is 2.30. The maximum Gasteiger partial charge on any atom is 0.265 e. The van der Waals surface area contributed by atoms with Crippen LogP contribution in [-0.4, -0.2) is 35.5 Å². The number of hydrogen-bond donors (Lipinski definition) is 1. The van der Waals surface area contributed by atoms with Gasteiger partial charge in [-0.3, -0.25) is 19.8 Å². The molecule has 0 aliphatic carbocycles. The monoisotopic (exact) mass is 378 g/mol. The van der Waals surface area contributed by atoms with E-state index >= 15 is 0 Å². The predicted octanol–water partition coefficient (Wildman–Crippen LogP) is 1.72. The van der Waals surface area contributed by atoms with Gasteiger partial charge in [0, 0.05) is 7.05 Å². The molecule has 0 unspecified atom stereocenters. The third-order valence-corrected chi connectivity index (χ3v) is 3.88. The van der Waals surface area contributed by atoms with Gasteiger partial charge in [-0.15, -0.1) is 6.42 Å². The van der Waals surface area contributed by atoms with E-state index in [1.165, 1.54) is 18.0 Å². The quantitative estimate of drug-likeness (QED) is 0.376. The number of hydrogen-bond acceptors (Lipinski definition) is 4. The van der Waals surface area contributed by atoms with Crippen LogP contribution in [0.3, 0.4) is 0 Å². The molecule has 1 aliphatic heterocycles. The summed E-state index contributed by atoms with van der Waals surface area (Å²) in [6.07, 6.45) is 6.63. The highest BCUT2D eigenvalue weighted by molar-refractivity contribution is 9.10. The lowest BCUT2D eigenvalue weighted by molar-refractivity contribution is -0.128. The Kier molecular flexibility index (Phi) is 4.96. The molecule has 0 bridgehead atoms. The van der Waals surface area contributed by atoms with Gasteiger partial charge in [-0.2, -0.15) is 0 Å². The first-order chi connectivity index (χ1) is 10.4. The van der Waals surface area contributed by atoms with Crippen molar-refractivity contribution in [3.05, 3.63) is 33.8 Å². The van der Waals surface area contributed by atoms with Crippen molar-refractivity contribution >= 4 is 51.2 Å². The van der Waals surface area contributed by atoms with Gasteiger partial charge in [-0.05, 0) is 51.9 Å². The SMILES string of the molecule is C#CCOc1ccc(/C=C2\C(=O)NC(=S)N(C)C2=O)cc1Br. The molecule has 1 aromatic rings. The molecule has 1 aliphatic rings. The molecule has 2 rings (SSSR count). The van der Waals surface area contributed by atoms with Gasteiger partial charge in [0.15, 0.2) is 5.11 Å². The Morgan fingerprint density at radius 3 is 2.86 bits per heavy atom. The molecule has 1 fully saturated rings. The van der Waals surface area contributed by atoms with Crippen LogP contribution in [-0.2, 0) is 9.59 Å². The first-order valence-electron chi connectivity index (χ1n) is 6.15. The Labute approximate surface area is 141 Å². The topological polar surface area (TPSA) is 58.6 Å². The third kappa shape index (κ3) is 3.35. The molecule has 22 heavy (non-hydrogen) atoms. The molecular formula is C15H11BrN2O3S. The largest absolute Gasteiger partial charge is 0.480 e. The Bertz CT molecular complexity index is 737. The lowest BCUT2D eigenvalue weighted by atomic mass is 10.1. The Morgan fingerprint density at radius 1 is 1.50 bits per heavy atom. The molecule has 0 aromatic heterocycles. The molecular weight excluding hydrogens is 368 g/mol. The number of carbonyl (C=O) groups is 2. The van der Waals surface area contributed by atoms with Crippen molar-refractivity contribution in [1.82, 2.24) is 10.2 Å². The smallest absolute Gasteiger partial charge is 0.265 e. The first kappa shape index (κ1) is 16.2. The van der Waals surface area contributed by atoms with Crippen LogP contribution in [0.15, 0.2) is 28.2 Å². The molecule has 7 heteroatoms. The van der Waals surface area contributed by atoms with Crippen LogP contribution in [0, 0.1) is 12.3 Å². The molecule has 0 saturated carbocycles. The molecule has 5 nitrogen and oxygen atoms in total. The molecule has 112 valence electrons. The number of benzene rings is 1. The highest BCUT2D eigenvalue weighted by Crippen LogP contribution is 2.27. The lowest BCUT2D eigenvalue weighted by Crippen LogP contribution is -2.52. The molecule has 0 radical (unpaired) electrons. The Morgan fingerprint density at radius 2 is 2.23 bits per heavy atom. The zero-order valence-corrected chi connectivity index (χ0v) is 14.0. The number of amides is 2. The van der Waals surface area contributed by atoms with Crippen LogP contribution in [0.25, 0.3) is 6.08 Å². The Hall–Kier alpha value is -2.17. The average Bonchev–Trinajstić information content (AvgIpc) is 2.48. The van der Waals surface area contributed by atoms with Crippen molar-refractivity contribution in [3.63, 3.8) is 0 Å². The molecule has 1 heterocycles. The van der Waals surface area contributed by atoms with E-state index in [4.69, 9.17) is 23.4 Å². The molecule has 0 spiro atoms. The fourth-order valence-corrected chi connectivity index (χ4v) is 2.44. The van der Waals surface area contributed by atoms with Crippen LogP contribution >= 0.6 is 28.1 Å². The normalized spacial score (nSPS) is 16.5. The molecule has 1 saturated heterocycles. The van der Waals surface area contributed by atoms with E-state index < -0.39 is 11.8 Å². The fraction of sp³-hybridized carbons (Fsp3) is 0.133. The number of likely N-dealkylation sites (N-methyl/N-ethyl adjacent to an activating group) is 1. The maximum absolute atomic E-state index is 12.1. The average molecular weight is 379 g/mol. The number of ether oxygens (including phenoxy) is 1. The summed E-state index contributed by atoms with van der Waals surface area (Å²) in [7, 11) is 1.50. The number of rotatable bonds is 3. The van der Waals surface area contributed by atoms with Crippen LogP contribution < -0.4 is 10.1 Å². The van der Waals surface area contributed by atoms with Gasteiger partial charge in [0.05, 0.1) is 4.47 Å². The standard InChI is InChI=1S/C15H11BrN2O3S/c1-3-6-21-12-5-4-9(8-11(12)16)7-10-13(19)17-15(22)18(2)14(10)20/h1,4-5,7-8H,6H2,2H3,(H,17,19,22)/b10-7+. The second-order valence-electron chi connectivity index (χ2n) is 4.36. The second kappa shape index (κ2) is 6.73. The number of halogens is 1. The van der Waals surface area contributed by atoms with Gasteiger partial charge in [0.2, 0.25) is 0 Å². The number of terminal acetylenes is 1. The van der Waals surface area contributed by atoms with Gasteiger partial charge in [-0.25, -0.2) is 0 Å². The number of nitrogens with one attached hydrogen (secondary N) is 1. The Balaban J connectivity index is 2.31. The van der Waals surface area contributed by atoms with Crippen molar-refractivity contribution in [3.8, 4) is 18.1 Å². The third-order valence-electron chi connectivity index (χ3n) is 2.88. The van der Waals surface area contributed by atoms with E-state index in [1.54, 1.807) is 18.2 Å². The van der Waals surface area contributed by atoms with Gasteiger partial charge >= 0.3 is 0 Å². The van der Waals surface area contributed by atoms with Crippen molar-refractivity contribution in [2.75, 3.05) is 13.7 Å². The zero-order valence-electron chi connectivity index (χ0n) is 11.6. The van der Waals surface area contributed by atoms with E-state index in [9.17, 15) is 9.59 Å². The summed E-state index contributed by atoms with van der Waals surface area (Å²) < 4.78 is 6.00. The van der Waals surface area contributed by atoms with Gasteiger partial charge in [-0.1, -0.05) is 12.0 Å². The summed E-state index contributed by atoms with van der Waals surface area (Å²) in [5, 5.41) is 2.54. The van der Waals surface area contributed by atoms with Crippen molar-refractivity contribution in [2.45, 2.75) is 0 Å². The molecule has 1 aromatic carbocycles. The van der Waals surface area contributed by atoms with Crippen molar-refractivity contribution in [2.24, 2.45) is 0 Å². The minimum absolute atomic E-state index is 0.0142. The zero-order chi connectivity index (χ0) is 16.3. The summed E-state index contributed by atoms with van der Waals surface area (Å²) in [6, 6.07) is 5.15. The van der Waals surface area contributed by atoms with Crippen molar-refractivity contribution < 1.29 is 14.3 Å². The summed E-state index contributed by atoms with van der Waals surface area (Å²) >= 11 is 8.24. The van der Waals surface area contributed by atoms with E-state index in [-0.39, 0.29) is 17.3 Å². The van der Waals surface area contributed by atoms with E-state index in [2.05, 4.69) is 27.2 Å². The summed E-state index contributed by atoms with van der Waals surface area (Å²) in [6.45, 7) is 0.155. The van der Waals surface area contributed by atoms with E-state index in [1.807, 2.05) is 0 Å². The highest BCUT2D eigenvalue weighted by atomic mass is 79.9. The lowest BCUT2D eigenvalue weighted by Gasteiger charge is -2.25. The second-order valence-corrected chi connectivity index (χ2v) is 5.61. The number of nitrogens with zero attached hydrogens (tertiary/aromatic N) is 1. The molecule has 2 amide bonds. The van der Waals surface area contributed by atoms with Crippen LogP contribution in [0.5, 0.6) is 5.75 Å².